The molecule has 0 radical (unpaired) electrons. The molecule has 1 unspecified atom stereocenters. The molecule has 1 amide bonds. The maximum Gasteiger partial charge on any atom is 0.223 e. The first kappa shape index (κ1) is 10.5. The van der Waals surface area contributed by atoms with Crippen molar-refractivity contribution in [3.8, 4) is 0 Å². The van der Waals surface area contributed by atoms with Crippen LogP contribution in [-0.4, -0.2) is 25.0 Å². The van der Waals surface area contributed by atoms with E-state index in [1.807, 2.05) is 13.8 Å². The average molecular weight is 184 g/mol. The van der Waals surface area contributed by atoms with E-state index in [1.165, 1.54) is 0 Å². The van der Waals surface area contributed by atoms with Crippen LogP contribution in [0.25, 0.3) is 0 Å². The van der Waals surface area contributed by atoms with Gasteiger partial charge in [0.05, 0.1) is 0 Å². The van der Waals surface area contributed by atoms with Gasteiger partial charge in [0.2, 0.25) is 5.91 Å². The first-order valence-electron chi connectivity index (χ1n) is 5.25. The Hall–Kier alpha value is -0.570. The van der Waals surface area contributed by atoms with Crippen LogP contribution in [-0.2, 0) is 4.79 Å². The number of rotatable bonds is 3. The number of hydrogen-bond acceptors (Lipinski definition) is 2. The molecule has 0 aromatic heterocycles. The zero-order valence-corrected chi connectivity index (χ0v) is 8.60. The Balaban J connectivity index is 2.26. The van der Waals surface area contributed by atoms with Crippen LogP contribution in [0.5, 0.6) is 0 Å². The largest absolute Gasteiger partial charge is 0.353 e. The molecule has 0 aliphatic carbocycles. The molecular formula is C10H20N2O. The van der Waals surface area contributed by atoms with Gasteiger partial charge in [-0.25, -0.2) is 0 Å². The maximum absolute atomic E-state index is 11.5. The second-order valence-electron chi connectivity index (χ2n) is 3.84. The Morgan fingerprint density at radius 3 is 2.69 bits per heavy atom. The highest BCUT2D eigenvalue weighted by Gasteiger charge is 2.17. The number of carbonyl (C=O) groups is 1. The molecule has 76 valence electrons. The van der Waals surface area contributed by atoms with Gasteiger partial charge in [0.1, 0.15) is 0 Å². The molecule has 1 fully saturated rings. The van der Waals surface area contributed by atoms with E-state index in [-0.39, 0.29) is 11.8 Å². The summed E-state index contributed by atoms with van der Waals surface area (Å²) in [4.78, 5) is 11.5. The highest BCUT2D eigenvalue weighted by molar-refractivity contribution is 5.78. The smallest absolute Gasteiger partial charge is 0.223 e. The molecule has 3 heteroatoms. The maximum atomic E-state index is 11.5. The lowest BCUT2D eigenvalue weighted by atomic mass is 10.0. The van der Waals surface area contributed by atoms with Gasteiger partial charge < -0.3 is 10.6 Å². The van der Waals surface area contributed by atoms with Gasteiger partial charge in [-0.15, -0.1) is 0 Å². The van der Waals surface area contributed by atoms with E-state index in [4.69, 9.17) is 0 Å². The predicted octanol–water partition coefficient (Wildman–Crippen LogP) is 0.901. The number of nitrogens with one attached hydrogen (secondary N) is 2. The molecule has 1 heterocycles. The standard InChI is InChI=1S/C10H20N2O/c1-3-8(2)10(13)12-9-4-6-11-7-5-9/h8-9,11H,3-7H2,1-2H3,(H,12,13). The Morgan fingerprint density at radius 2 is 2.15 bits per heavy atom. The second-order valence-corrected chi connectivity index (χ2v) is 3.84. The number of amides is 1. The number of hydrogen-bond donors (Lipinski definition) is 2. The van der Waals surface area contributed by atoms with Crippen LogP contribution in [0, 0.1) is 5.92 Å². The van der Waals surface area contributed by atoms with E-state index in [0.29, 0.717) is 6.04 Å². The summed E-state index contributed by atoms with van der Waals surface area (Å²) in [5, 5.41) is 6.37. The zero-order valence-electron chi connectivity index (χ0n) is 8.60. The highest BCUT2D eigenvalue weighted by atomic mass is 16.1. The van der Waals surface area contributed by atoms with Crippen LogP contribution in [0.15, 0.2) is 0 Å². The van der Waals surface area contributed by atoms with Gasteiger partial charge in [0.25, 0.3) is 0 Å². The Bertz CT molecular complexity index is 164. The summed E-state index contributed by atoms with van der Waals surface area (Å²) in [6.07, 6.45) is 3.07. The van der Waals surface area contributed by atoms with Gasteiger partial charge in [-0.3, -0.25) is 4.79 Å². The van der Waals surface area contributed by atoms with E-state index >= 15 is 0 Å². The van der Waals surface area contributed by atoms with Crippen molar-refractivity contribution in [1.29, 1.82) is 0 Å². The topological polar surface area (TPSA) is 41.1 Å². The van der Waals surface area contributed by atoms with Gasteiger partial charge >= 0.3 is 0 Å². The van der Waals surface area contributed by atoms with Crippen LogP contribution in [0.3, 0.4) is 0 Å². The molecule has 1 aliphatic rings. The summed E-state index contributed by atoms with van der Waals surface area (Å²) in [6, 6.07) is 0.405. The minimum absolute atomic E-state index is 0.162. The van der Waals surface area contributed by atoms with Crippen LogP contribution < -0.4 is 10.6 Å². The third-order valence-corrected chi connectivity index (χ3v) is 2.75. The molecule has 2 N–H and O–H groups in total. The molecule has 0 bridgehead atoms. The van der Waals surface area contributed by atoms with Gasteiger partial charge in [-0.05, 0) is 32.4 Å². The monoisotopic (exact) mass is 184 g/mol. The fourth-order valence-corrected chi connectivity index (χ4v) is 1.50. The second kappa shape index (κ2) is 5.22. The van der Waals surface area contributed by atoms with Crippen molar-refractivity contribution in [2.75, 3.05) is 13.1 Å². The average Bonchev–Trinajstić information content (AvgIpc) is 2.18. The summed E-state index contributed by atoms with van der Waals surface area (Å²) < 4.78 is 0. The van der Waals surface area contributed by atoms with Crippen molar-refractivity contribution >= 4 is 5.91 Å². The van der Waals surface area contributed by atoms with Crippen molar-refractivity contribution in [2.45, 2.75) is 39.2 Å². The van der Waals surface area contributed by atoms with Gasteiger partial charge in [-0.2, -0.15) is 0 Å². The molecule has 3 nitrogen and oxygen atoms in total. The summed E-state index contributed by atoms with van der Waals surface area (Å²) in [5.74, 6) is 0.379. The molecule has 0 aromatic carbocycles. The summed E-state index contributed by atoms with van der Waals surface area (Å²) in [5.41, 5.74) is 0. The molecule has 0 aromatic rings. The molecule has 1 saturated heterocycles. The van der Waals surface area contributed by atoms with E-state index in [1.54, 1.807) is 0 Å². The first-order chi connectivity index (χ1) is 6.24. The van der Waals surface area contributed by atoms with Crippen molar-refractivity contribution < 1.29 is 4.79 Å². The van der Waals surface area contributed by atoms with E-state index < -0.39 is 0 Å². The zero-order chi connectivity index (χ0) is 9.68. The third kappa shape index (κ3) is 3.35. The Kier molecular flexibility index (Phi) is 4.22. The summed E-state index contributed by atoms with van der Waals surface area (Å²) in [6.45, 7) is 6.10. The van der Waals surface area contributed by atoms with Crippen molar-refractivity contribution in [2.24, 2.45) is 5.92 Å². The molecule has 1 rings (SSSR count). The van der Waals surface area contributed by atoms with Gasteiger partial charge in [0, 0.05) is 12.0 Å². The minimum atomic E-state index is 0.162. The quantitative estimate of drug-likeness (QED) is 0.684. The fraction of sp³-hybridized carbons (Fsp3) is 0.900. The van der Waals surface area contributed by atoms with Crippen molar-refractivity contribution in [3.05, 3.63) is 0 Å². The van der Waals surface area contributed by atoms with E-state index in [9.17, 15) is 4.79 Å². The highest BCUT2D eigenvalue weighted by Crippen LogP contribution is 2.05. The van der Waals surface area contributed by atoms with Crippen molar-refractivity contribution in [3.63, 3.8) is 0 Å². The van der Waals surface area contributed by atoms with Gasteiger partial charge in [0.15, 0.2) is 0 Å². The van der Waals surface area contributed by atoms with Crippen LogP contribution in [0.2, 0.25) is 0 Å². The minimum Gasteiger partial charge on any atom is -0.353 e. The SMILES string of the molecule is CCC(C)C(=O)NC1CCNCC1. The summed E-state index contributed by atoms with van der Waals surface area (Å²) in [7, 11) is 0. The van der Waals surface area contributed by atoms with Crippen LogP contribution >= 0.6 is 0 Å². The lowest BCUT2D eigenvalue weighted by Gasteiger charge is -2.24. The van der Waals surface area contributed by atoms with E-state index in [0.717, 1.165) is 32.4 Å². The summed E-state index contributed by atoms with van der Waals surface area (Å²) >= 11 is 0. The molecule has 1 atom stereocenters. The molecule has 0 spiro atoms. The molecular weight excluding hydrogens is 164 g/mol. The fourth-order valence-electron chi connectivity index (χ4n) is 1.50. The number of piperidine rings is 1. The third-order valence-electron chi connectivity index (χ3n) is 2.75. The molecule has 13 heavy (non-hydrogen) atoms. The Morgan fingerprint density at radius 1 is 1.54 bits per heavy atom. The van der Waals surface area contributed by atoms with Gasteiger partial charge in [-0.1, -0.05) is 13.8 Å². The Labute approximate surface area is 80.3 Å². The first-order valence-corrected chi connectivity index (χ1v) is 5.25. The lowest BCUT2D eigenvalue weighted by molar-refractivity contribution is -0.125. The van der Waals surface area contributed by atoms with E-state index in [2.05, 4.69) is 10.6 Å². The predicted molar refractivity (Wildman–Crippen MR) is 53.5 cm³/mol. The van der Waals surface area contributed by atoms with Crippen LogP contribution in [0.1, 0.15) is 33.1 Å². The normalized spacial score (nSPS) is 21.1. The van der Waals surface area contributed by atoms with Crippen LogP contribution in [0.4, 0.5) is 0 Å². The molecule has 0 saturated carbocycles. The molecule has 1 aliphatic heterocycles. The van der Waals surface area contributed by atoms with Crippen molar-refractivity contribution in [1.82, 2.24) is 10.6 Å². The number of carbonyl (C=O) groups excluding carboxylic acids is 1. The lowest BCUT2D eigenvalue weighted by Crippen LogP contribution is -2.44.